The molecule has 0 atom stereocenters. The first-order valence-electron chi connectivity index (χ1n) is 7.68. The second kappa shape index (κ2) is 5.73. The molecule has 0 aliphatic carbocycles. The Bertz CT molecular complexity index is 1130. The average Bonchev–Trinajstić information content (AvgIpc) is 3.21. The van der Waals surface area contributed by atoms with Crippen LogP contribution in [0.5, 0.6) is 5.75 Å². The van der Waals surface area contributed by atoms with Gasteiger partial charge in [-0.2, -0.15) is 5.10 Å². The first-order chi connectivity index (χ1) is 12.5. The lowest BCUT2D eigenvalue weighted by atomic mass is 10.0. The van der Waals surface area contributed by atoms with Crippen molar-refractivity contribution >= 4 is 22.5 Å². The summed E-state index contributed by atoms with van der Waals surface area (Å²) < 4.78 is 25.2. The third kappa shape index (κ3) is 2.25. The van der Waals surface area contributed by atoms with Gasteiger partial charge in [-0.25, -0.2) is 4.39 Å². The molecule has 0 aliphatic heterocycles. The van der Waals surface area contributed by atoms with Crippen molar-refractivity contribution in [2.45, 2.75) is 6.92 Å². The van der Waals surface area contributed by atoms with Crippen molar-refractivity contribution in [3.8, 4) is 28.1 Å². The highest BCUT2D eigenvalue weighted by molar-refractivity contribution is 6.05. The molecule has 5 N–H and O–H groups in total. The summed E-state index contributed by atoms with van der Waals surface area (Å²) in [6.45, 7) is 1.87. The van der Waals surface area contributed by atoms with Gasteiger partial charge in [-0.3, -0.25) is 10.1 Å². The topological polar surface area (TPSA) is 129 Å². The Morgan fingerprint density at radius 1 is 1.15 bits per heavy atom. The maximum absolute atomic E-state index is 14.6. The monoisotopic (exact) mass is 354 g/mol. The van der Waals surface area contributed by atoms with Crippen molar-refractivity contribution in [2.75, 3.05) is 18.6 Å². The van der Waals surface area contributed by atoms with E-state index in [-0.39, 0.29) is 17.1 Å². The summed E-state index contributed by atoms with van der Waals surface area (Å²) in [6, 6.07) is 2.65. The van der Waals surface area contributed by atoms with Crippen LogP contribution in [0.3, 0.4) is 0 Å². The van der Waals surface area contributed by atoms with Gasteiger partial charge in [0.25, 0.3) is 0 Å². The van der Waals surface area contributed by atoms with Crippen LogP contribution in [0.2, 0.25) is 0 Å². The molecule has 4 aromatic rings. The van der Waals surface area contributed by atoms with E-state index in [1.807, 2.05) is 6.92 Å². The molecule has 1 aromatic carbocycles. The highest BCUT2D eigenvalue weighted by Gasteiger charge is 2.22. The number of pyridine rings is 1. The molecule has 0 unspecified atom stereocenters. The van der Waals surface area contributed by atoms with Crippen LogP contribution in [0.15, 0.2) is 29.0 Å². The summed E-state index contributed by atoms with van der Waals surface area (Å²) in [7, 11) is 1.45. The Labute approximate surface area is 146 Å². The molecule has 0 saturated heterocycles. The summed E-state index contributed by atoms with van der Waals surface area (Å²) in [5, 5.41) is 11.1. The van der Waals surface area contributed by atoms with Crippen molar-refractivity contribution in [3.05, 3.63) is 36.0 Å². The van der Waals surface area contributed by atoms with Crippen LogP contribution in [0.1, 0.15) is 5.69 Å². The Kier molecular flexibility index (Phi) is 3.50. The molecule has 0 fully saturated rings. The zero-order valence-electron chi connectivity index (χ0n) is 14.0. The molecule has 0 amide bonds. The summed E-state index contributed by atoms with van der Waals surface area (Å²) in [5.74, 6) is -0.105. The van der Waals surface area contributed by atoms with Crippen LogP contribution in [0.4, 0.5) is 15.9 Å². The van der Waals surface area contributed by atoms with Crippen molar-refractivity contribution in [2.24, 2.45) is 0 Å². The Morgan fingerprint density at radius 3 is 2.65 bits per heavy atom. The fourth-order valence-corrected chi connectivity index (χ4v) is 2.91. The van der Waals surface area contributed by atoms with Crippen LogP contribution in [0, 0.1) is 12.7 Å². The smallest absolute Gasteiger partial charge is 0.180 e. The first-order valence-corrected chi connectivity index (χ1v) is 7.68. The maximum atomic E-state index is 14.6. The van der Waals surface area contributed by atoms with Gasteiger partial charge < -0.3 is 20.7 Å². The second-order valence-electron chi connectivity index (χ2n) is 5.78. The molecule has 8 nitrogen and oxygen atoms in total. The summed E-state index contributed by atoms with van der Waals surface area (Å²) in [5.41, 5.74) is 15.1. The summed E-state index contributed by atoms with van der Waals surface area (Å²) in [6.07, 6.45) is 3.22. The fourth-order valence-electron chi connectivity index (χ4n) is 2.91. The molecule has 0 radical (unpaired) electrons. The molecule has 0 aliphatic rings. The Hall–Kier alpha value is -3.62. The molecule has 3 aromatic heterocycles. The third-order valence-corrected chi connectivity index (χ3v) is 4.22. The third-order valence-electron chi connectivity index (χ3n) is 4.22. The zero-order valence-corrected chi connectivity index (χ0v) is 14.0. The Morgan fingerprint density at radius 2 is 1.96 bits per heavy atom. The van der Waals surface area contributed by atoms with Crippen molar-refractivity contribution in [1.29, 1.82) is 0 Å². The highest BCUT2D eigenvalue weighted by atomic mass is 19.1. The summed E-state index contributed by atoms with van der Waals surface area (Å²) in [4.78, 5) is 4.42. The number of methoxy groups -OCH3 is 1. The predicted octanol–water partition coefficient (Wildman–Crippen LogP) is 2.90. The van der Waals surface area contributed by atoms with Gasteiger partial charge in [0, 0.05) is 34.6 Å². The number of ether oxygens (including phenoxy) is 1. The largest absolute Gasteiger partial charge is 0.495 e. The molecular formula is C17H15FN6O2. The van der Waals surface area contributed by atoms with E-state index in [1.165, 1.54) is 19.2 Å². The number of rotatable bonds is 3. The number of aromatic amines is 1. The van der Waals surface area contributed by atoms with Gasteiger partial charge in [0.2, 0.25) is 0 Å². The molecule has 0 bridgehead atoms. The highest BCUT2D eigenvalue weighted by Crippen LogP contribution is 2.40. The standard InChI is InChI=1S/C17H15FN6O2/c1-7-9(6-22-23-7)10-5-21-15(14-16(10)26-24-17(14)20)8-3-13(25-2)12(19)4-11(8)18/h3-6H,19H2,1-2H3,(H2,20,24)(H,22,23). The number of nitrogens with zero attached hydrogens (tertiary/aromatic N) is 3. The van der Waals surface area contributed by atoms with Gasteiger partial charge in [-0.15, -0.1) is 0 Å². The minimum atomic E-state index is -0.551. The van der Waals surface area contributed by atoms with Crippen molar-refractivity contribution in [3.63, 3.8) is 0 Å². The van der Waals surface area contributed by atoms with Crippen molar-refractivity contribution < 1.29 is 13.7 Å². The van der Waals surface area contributed by atoms with Crippen LogP contribution in [-0.2, 0) is 0 Å². The number of benzene rings is 1. The van der Waals surface area contributed by atoms with E-state index in [2.05, 4.69) is 20.3 Å². The number of hydrogen-bond acceptors (Lipinski definition) is 7. The van der Waals surface area contributed by atoms with E-state index >= 15 is 0 Å². The van der Waals surface area contributed by atoms with E-state index in [0.717, 1.165) is 11.3 Å². The van der Waals surface area contributed by atoms with Gasteiger partial charge in [0.05, 0.1) is 30.1 Å². The molecule has 3 heterocycles. The lowest BCUT2D eigenvalue weighted by Gasteiger charge is -2.10. The predicted molar refractivity (Wildman–Crippen MR) is 94.9 cm³/mol. The number of nitrogen functional groups attached to an aromatic ring is 2. The van der Waals surface area contributed by atoms with Gasteiger partial charge in [0.1, 0.15) is 11.6 Å². The number of nitrogens with two attached hydrogens (primary N) is 2. The maximum Gasteiger partial charge on any atom is 0.180 e. The molecule has 4 rings (SSSR count). The normalized spacial score (nSPS) is 11.2. The Balaban J connectivity index is 2.02. The average molecular weight is 354 g/mol. The van der Waals surface area contributed by atoms with Gasteiger partial charge in [-0.1, -0.05) is 5.16 Å². The number of anilines is 2. The minimum absolute atomic E-state index is 0.112. The number of halogens is 1. The molecular weight excluding hydrogens is 339 g/mol. The SMILES string of the molecule is COc1cc(-c2ncc(-c3cn[nH]c3C)c3onc(N)c23)c(F)cc1N. The lowest BCUT2D eigenvalue weighted by Crippen LogP contribution is -1.98. The van der Waals surface area contributed by atoms with Gasteiger partial charge in [-0.05, 0) is 13.0 Å². The van der Waals surface area contributed by atoms with Crippen molar-refractivity contribution in [1.82, 2.24) is 20.3 Å². The zero-order chi connectivity index (χ0) is 18.4. The van der Waals surface area contributed by atoms with E-state index < -0.39 is 5.82 Å². The minimum Gasteiger partial charge on any atom is -0.495 e. The molecule has 9 heteroatoms. The molecule has 26 heavy (non-hydrogen) atoms. The second-order valence-corrected chi connectivity index (χ2v) is 5.78. The van der Waals surface area contributed by atoms with E-state index in [9.17, 15) is 4.39 Å². The van der Waals surface area contributed by atoms with Crippen LogP contribution < -0.4 is 16.2 Å². The first kappa shape index (κ1) is 15.9. The number of aryl methyl sites for hydroxylation is 1. The molecule has 0 saturated carbocycles. The number of aromatic nitrogens is 4. The number of nitrogens with one attached hydrogen (secondary N) is 1. The van der Waals surface area contributed by atoms with E-state index in [0.29, 0.717) is 28.0 Å². The van der Waals surface area contributed by atoms with Gasteiger partial charge in [0.15, 0.2) is 11.4 Å². The fraction of sp³-hybridized carbons (Fsp3) is 0.118. The number of fused-ring (bicyclic) bond motifs is 1. The van der Waals surface area contributed by atoms with Crippen LogP contribution in [0.25, 0.3) is 33.4 Å². The molecule has 0 spiro atoms. The number of hydrogen-bond donors (Lipinski definition) is 3. The van der Waals surface area contributed by atoms with Gasteiger partial charge >= 0.3 is 0 Å². The van der Waals surface area contributed by atoms with Crippen LogP contribution >= 0.6 is 0 Å². The number of H-pyrrole nitrogens is 1. The lowest BCUT2D eigenvalue weighted by molar-refractivity contribution is 0.416. The van der Waals surface area contributed by atoms with Crippen LogP contribution in [-0.4, -0.2) is 27.4 Å². The quantitative estimate of drug-likeness (QED) is 0.482. The molecule has 132 valence electrons. The van der Waals surface area contributed by atoms with E-state index in [4.69, 9.17) is 20.7 Å². The van der Waals surface area contributed by atoms with E-state index in [1.54, 1.807) is 12.4 Å². The summed E-state index contributed by atoms with van der Waals surface area (Å²) >= 11 is 0.